The summed E-state index contributed by atoms with van der Waals surface area (Å²) in [4.78, 5) is 19.9. The molecule has 196 valence electrons. The molecule has 1 unspecified atom stereocenters. The van der Waals surface area contributed by atoms with E-state index in [1.165, 1.54) is 28.6 Å². The molecule has 1 aromatic heterocycles. The second kappa shape index (κ2) is 11.1. The van der Waals surface area contributed by atoms with Crippen LogP contribution in [0.5, 0.6) is 0 Å². The van der Waals surface area contributed by atoms with Gasteiger partial charge in [0.15, 0.2) is 0 Å². The third-order valence-corrected chi connectivity index (χ3v) is 8.61. The van der Waals surface area contributed by atoms with Crippen molar-refractivity contribution < 1.29 is 19.4 Å². The van der Waals surface area contributed by atoms with E-state index in [4.69, 9.17) is 0 Å². The van der Waals surface area contributed by atoms with Gasteiger partial charge in [0.25, 0.3) is 0 Å². The average molecular weight is 571 g/mol. The maximum atomic E-state index is 13.4. The maximum Gasteiger partial charge on any atom is 0.246 e. The van der Waals surface area contributed by atoms with Crippen LogP contribution in [0.4, 0.5) is 4.39 Å². The van der Waals surface area contributed by atoms with Crippen molar-refractivity contribution in [3.63, 3.8) is 0 Å². The number of aliphatic hydroxyl groups is 2. The van der Waals surface area contributed by atoms with Crippen LogP contribution in [-0.2, 0) is 4.79 Å². The second-order valence-corrected chi connectivity index (χ2v) is 11.2. The Hall–Kier alpha value is -2.52. The minimum Gasteiger partial charge on any atom is -0.389 e. The number of hydrogen-bond acceptors (Lipinski definition) is 4. The number of likely N-dealkylation sites (tertiary alicyclic amines) is 2. The van der Waals surface area contributed by atoms with E-state index in [2.05, 4.69) is 50.2 Å². The Morgan fingerprint density at radius 1 is 1.16 bits per heavy atom. The van der Waals surface area contributed by atoms with Crippen molar-refractivity contribution >= 4 is 38.8 Å². The molecule has 2 aliphatic rings. The molecule has 6 nitrogen and oxygen atoms in total. The summed E-state index contributed by atoms with van der Waals surface area (Å²) < 4.78 is 13.8. The zero-order valence-electron chi connectivity index (χ0n) is 20.7. The van der Waals surface area contributed by atoms with Gasteiger partial charge >= 0.3 is 0 Å². The van der Waals surface area contributed by atoms with E-state index in [9.17, 15) is 19.4 Å². The Kier molecular flexibility index (Phi) is 7.81. The zero-order chi connectivity index (χ0) is 26.0. The Labute approximate surface area is 224 Å². The van der Waals surface area contributed by atoms with Crippen molar-refractivity contribution in [2.45, 2.75) is 43.3 Å². The van der Waals surface area contributed by atoms with E-state index in [1.807, 2.05) is 6.07 Å². The molecule has 0 saturated carbocycles. The Morgan fingerprint density at radius 2 is 1.89 bits per heavy atom. The lowest BCUT2D eigenvalue weighted by Gasteiger charge is -2.43. The summed E-state index contributed by atoms with van der Waals surface area (Å²) in [5.41, 5.74) is 2.06. The van der Waals surface area contributed by atoms with Crippen molar-refractivity contribution in [1.82, 2.24) is 14.8 Å². The third kappa shape index (κ3) is 5.82. The maximum absolute atomic E-state index is 13.4. The predicted octanol–water partition coefficient (Wildman–Crippen LogP) is 4.68. The van der Waals surface area contributed by atoms with Crippen molar-refractivity contribution in [2.24, 2.45) is 0 Å². The van der Waals surface area contributed by atoms with Crippen LogP contribution in [0.1, 0.15) is 42.7 Å². The minimum atomic E-state index is -1.20. The fraction of sp³-hybridized carbons (Fsp3) is 0.414. The lowest BCUT2D eigenvalue weighted by Crippen LogP contribution is -2.56. The molecule has 0 aliphatic carbocycles. The first-order valence-corrected chi connectivity index (χ1v) is 13.7. The number of benzene rings is 2. The van der Waals surface area contributed by atoms with E-state index >= 15 is 0 Å². The number of nitrogens with one attached hydrogen (secondary N) is 1. The van der Waals surface area contributed by atoms with Gasteiger partial charge in [-0.05, 0) is 96.0 Å². The van der Waals surface area contributed by atoms with Gasteiger partial charge in [-0.3, -0.25) is 4.79 Å². The number of rotatable bonds is 6. The number of para-hydroxylation sites is 1. The van der Waals surface area contributed by atoms with Crippen LogP contribution in [-0.4, -0.2) is 75.3 Å². The van der Waals surface area contributed by atoms with Gasteiger partial charge in [0.2, 0.25) is 5.91 Å². The molecule has 3 heterocycles. The topological polar surface area (TPSA) is 79.8 Å². The van der Waals surface area contributed by atoms with E-state index in [0.29, 0.717) is 42.9 Å². The number of fused-ring (bicyclic) bond motifs is 1. The van der Waals surface area contributed by atoms with Crippen LogP contribution in [0.3, 0.4) is 0 Å². The number of amides is 1. The van der Waals surface area contributed by atoms with Crippen LogP contribution in [0.15, 0.2) is 59.2 Å². The Morgan fingerprint density at radius 3 is 2.62 bits per heavy atom. The Balaban J connectivity index is 1.10. The van der Waals surface area contributed by atoms with Crippen molar-refractivity contribution in [3.05, 3.63) is 76.2 Å². The van der Waals surface area contributed by atoms with E-state index < -0.39 is 11.7 Å². The molecular formula is C29H33BrFN3O3. The highest BCUT2D eigenvalue weighted by molar-refractivity contribution is 9.10. The monoisotopic (exact) mass is 569 g/mol. The molecule has 5 rings (SSSR count). The van der Waals surface area contributed by atoms with Crippen LogP contribution in [0.2, 0.25) is 0 Å². The smallest absolute Gasteiger partial charge is 0.246 e. The number of carbonyl (C=O) groups is 1. The standard InChI is InChI=1S/C29H33BrFN3O3/c30-24-17-20(5-7-25(24)31)6-8-28(36)34-15-11-29(37,12-16-34)27(35)19-33-13-9-21(10-14-33)23-18-32-26-4-2-1-3-22(23)26/h1-8,17-18,21,27,32,35,37H,9-16,19H2. The van der Waals surface area contributed by atoms with Gasteiger partial charge in [0.1, 0.15) is 5.82 Å². The molecule has 1 amide bonds. The number of aliphatic hydroxyl groups excluding tert-OH is 1. The fourth-order valence-corrected chi connectivity index (χ4v) is 6.01. The highest BCUT2D eigenvalue weighted by Gasteiger charge is 2.40. The van der Waals surface area contributed by atoms with Crippen LogP contribution in [0.25, 0.3) is 17.0 Å². The molecule has 8 heteroatoms. The summed E-state index contributed by atoms with van der Waals surface area (Å²) in [5.74, 6) is -0.0155. The minimum absolute atomic E-state index is 0.156. The van der Waals surface area contributed by atoms with Crippen molar-refractivity contribution in [2.75, 3.05) is 32.7 Å². The number of piperidine rings is 2. The normalized spacial score (nSPS) is 20.1. The fourth-order valence-electron chi connectivity index (χ4n) is 5.61. The van der Waals surface area contributed by atoms with Gasteiger partial charge in [-0.2, -0.15) is 0 Å². The summed E-state index contributed by atoms with van der Waals surface area (Å²) in [5, 5.41) is 23.4. The number of aromatic nitrogens is 1. The molecule has 2 aliphatic heterocycles. The van der Waals surface area contributed by atoms with Crippen LogP contribution >= 0.6 is 15.9 Å². The summed E-state index contributed by atoms with van der Waals surface area (Å²) in [6.45, 7) is 2.96. The molecular weight excluding hydrogens is 537 g/mol. The summed E-state index contributed by atoms with van der Waals surface area (Å²) in [7, 11) is 0. The van der Waals surface area contributed by atoms with Gasteiger partial charge in [-0.15, -0.1) is 0 Å². The lowest BCUT2D eigenvalue weighted by molar-refractivity contribution is -0.140. The number of carbonyl (C=O) groups excluding carboxylic acids is 1. The first-order valence-electron chi connectivity index (χ1n) is 12.9. The van der Waals surface area contributed by atoms with E-state index in [-0.39, 0.29) is 11.7 Å². The molecule has 2 fully saturated rings. The number of hydrogen-bond donors (Lipinski definition) is 3. The molecule has 0 radical (unpaired) electrons. The van der Waals surface area contributed by atoms with Gasteiger partial charge in [0.05, 0.1) is 16.2 Å². The first kappa shape index (κ1) is 26.1. The van der Waals surface area contributed by atoms with Gasteiger partial charge in [-0.25, -0.2) is 4.39 Å². The first-order chi connectivity index (χ1) is 17.8. The van der Waals surface area contributed by atoms with Crippen molar-refractivity contribution in [3.8, 4) is 0 Å². The molecule has 3 N–H and O–H groups in total. The lowest BCUT2D eigenvalue weighted by atomic mass is 9.84. The van der Waals surface area contributed by atoms with Crippen LogP contribution < -0.4 is 0 Å². The quantitative estimate of drug-likeness (QED) is 0.377. The van der Waals surface area contributed by atoms with Gasteiger partial charge in [0, 0.05) is 42.8 Å². The Bertz CT molecular complexity index is 1280. The van der Waals surface area contributed by atoms with Gasteiger partial charge < -0.3 is 25.0 Å². The van der Waals surface area contributed by atoms with E-state index in [1.54, 1.807) is 23.1 Å². The molecule has 0 spiro atoms. The third-order valence-electron chi connectivity index (χ3n) is 8.00. The van der Waals surface area contributed by atoms with E-state index in [0.717, 1.165) is 31.5 Å². The summed E-state index contributed by atoms with van der Waals surface area (Å²) >= 11 is 3.15. The number of halogens is 2. The molecule has 2 aromatic carbocycles. The average Bonchev–Trinajstić information content (AvgIpc) is 3.34. The summed E-state index contributed by atoms with van der Waals surface area (Å²) in [6, 6.07) is 13.0. The molecule has 1 atom stereocenters. The highest BCUT2D eigenvalue weighted by Crippen LogP contribution is 2.34. The summed E-state index contributed by atoms with van der Waals surface area (Å²) in [6.07, 6.45) is 7.11. The number of H-pyrrole nitrogens is 1. The van der Waals surface area contributed by atoms with Crippen LogP contribution in [0, 0.1) is 5.82 Å². The molecule has 3 aromatic rings. The largest absolute Gasteiger partial charge is 0.389 e. The predicted molar refractivity (Wildman–Crippen MR) is 147 cm³/mol. The highest BCUT2D eigenvalue weighted by atomic mass is 79.9. The van der Waals surface area contributed by atoms with Gasteiger partial charge in [-0.1, -0.05) is 24.3 Å². The second-order valence-electron chi connectivity index (χ2n) is 10.3. The number of aromatic amines is 1. The van der Waals surface area contributed by atoms with Crippen molar-refractivity contribution in [1.29, 1.82) is 0 Å². The molecule has 0 bridgehead atoms. The molecule has 37 heavy (non-hydrogen) atoms. The zero-order valence-corrected chi connectivity index (χ0v) is 22.3. The number of nitrogens with zero attached hydrogens (tertiary/aromatic N) is 2. The number of β-amino-alcohol motifs (C(OH)–C–C–N with tert-alkyl or cyclic N) is 1. The SMILES string of the molecule is O=C(C=Cc1ccc(F)c(Br)c1)N1CCC(O)(C(O)CN2CCC(c3c[nH]c4ccccc34)CC2)CC1. The molecule has 2 saturated heterocycles.